The minimum absolute atomic E-state index is 0.332. The van der Waals surface area contributed by atoms with Crippen LogP contribution in [0.25, 0.3) is 0 Å². The highest BCUT2D eigenvalue weighted by Gasteiger charge is 2.13. The molecule has 2 aromatic rings. The molecule has 2 N–H and O–H groups in total. The molecular weight excluding hydrogens is 319 g/mol. The van der Waals surface area contributed by atoms with Crippen molar-refractivity contribution in [3.8, 4) is 0 Å². The van der Waals surface area contributed by atoms with Crippen molar-refractivity contribution in [3.05, 3.63) is 63.1 Å². The van der Waals surface area contributed by atoms with Gasteiger partial charge in [-0.25, -0.2) is 4.39 Å². The molecule has 0 saturated carbocycles. The fraction of sp³-hybridized carbons (Fsp3) is 0.154. The summed E-state index contributed by atoms with van der Waals surface area (Å²) < 4.78 is 14.5. The second-order valence-corrected chi connectivity index (χ2v) is 5.27. The largest absolute Gasteiger partial charge is 0.324 e. The molecule has 0 amide bonds. The number of aromatic nitrogens is 1. The fourth-order valence-electron chi connectivity index (χ4n) is 1.70. The van der Waals surface area contributed by atoms with Gasteiger partial charge in [0.1, 0.15) is 5.82 Å². The van der Waals surface area contributed by atoms with Gasteiger partial charge in [-0.15, -0.1) is 0 Å². The molecule has 0 bridgehead atoms. The molecule has 5 heteroatoms. The summed E-state index contributed by atoms with van der Waals surface area (Å²) in [5, 5.41) is 0.397. The van der Waals surface area contributed by atoms with E-state index in [2.05, 4.69) is 20.9 Å². The lowest BCUT2D eigenvalue weighted by Gasteiger charge is -2.13. The Kier molecular flexibility index (Phi) is 4.32. The van der Waals surface area contributed by atoms with Crippen LogP contribution in [-0.4, -0.2) is 4.98 Å². The third-order valence-corrected chi connectivity index (χ3v) is 3.43. The summed E-state index contributed by atoms with van der Waals surface area (Å²) in [5.74, 6) is -0.332. The first-order valence-corrected chi connectivity index (χ1v) is 6.54. The van der Waals surface area contributed by atoms with Crippen molar-refractivity contribution in [3.63, 3.8) is 0 Å². The molecule has 1 unspecified atom stereocenters. The molecule has 0 fully saturated rings. The lowest BCUT2D eigenvalue weighted by atomic mass is 10.0. The van der Waals surface area contributed by atoms with Crippen LogP contribution in [0.1, 0.15) is 17.2 Å². The average molecular weight is 330 g/mol. The summed E-state index contributed by atoms with van der Waals surface area (Å²) >= 11 is 9.30. The summed E-state index contributed by atoms with van der Waals surface area (Å²) in [7, 11) is 0. The summed E-state index contributed by atoms with van der Waals surface area (Å²) in [5.41, 5.74) is 7.32. The smallest absolute Gasteiger partial charge is 0.127 e. The molecule has 1 atom stereocenters. The van der Waals surface area contributed by atoms with E-state index in [4.69, 9.17) is 17.3 Å². The highest BCUT2D eigenvalue weighted by Crippen LogP contribution is 2.25. The number of hydrogen-bond acceptors (Lipinski definition) is 2. The summed E-state index contributed by atoms with van der Waals surface area (Å²) in [6, 6.07) is 6.14. The Bertz CT molecular complexity index is 542. The number of hydrogen-bond donors (Lipinski definition) is 1. The van der Waals surface area contributed by atoms with Gasteiger partial charge < -0.3 is 5.73 Å². The van der Waals surface area contributed by atoms with E-state index >= 15 is 0 Å². The van der Waals surface area contributed by atoms with Gasteiger partial charge in [0.2, 0.25) is 0 Å². The van der Waals surface area contributed by atoms with Crippen LogP contribution in [0.2, 0.25) is 5.02 Å². The Balaban J connectivity index is 2.24. The average Bonchev–Trinajstić information content (AvgIpc) is 2.34. The van der Waals surface area contributed by atoms with Crippen LogP contribution >= 0.6 is 27.5 Å². The van der Waals surface area contributed by atoms with Gasteiger partial charge in [-0.05, 0) is 46.1 Å². The zero-order valence-corrected chi connectivity index (χ0v) is 11.7. The molecule has 0 aliphatic heterocycles. The number of halogens is 3. The van der Waals surface area contributed by atoms with E-state index in [0.717, 1.165) is 10.0 Å². The lowest BCUT2D eigenvalue weighted by molar-refractivity contribution is 0.593. The van der Waals surface area contributed by atoms with Crippen LogP contribution in [-0.2, 0) is 6.42 Å². The predicted octanol–water partition coefficient (Wildman–Crippen LogP) is 3.88. The third kappa shape index (κ3) is 3.07. The van der Waals surface area contributed by atoms with E-state index in [1.165, 1.54) is 6.07 Å². The van der Waals surface area contributed by atoms with Crippen molar-refractivity contribution in [2.75, 3.05) is 0 Å². The molecule has 1 heterocycles. The van der Waals surface area contributed by atoms with Gasteiger partial charge in [-0.3, -0.25) is 4.98 Å². The predicted molar refractivity (Wildman–Crippen MR) is 74.0 cm³/mol. The summed E-state index contributed by atoms with van der Waals surface area (Å²) in [4.78, 5) is 4.04. The molecule has 0 radical (unpaired) electrons. The van der Waals surface area contributed by atoms with E-state index < -0.39 is 0 Å². The first-order chi connectivity index (χ1) is 8.58. The van der Waals surface area contributed by atoms with E-state index in [-0.39, 0.29) is 11.9 Å². The Morgan fingerprint density at radius 2 is 2.17 bits per heavy atom. The summed E-state index contributed by atoms with van der Waals surface area (Å²) in [6.45, 7) is 0. The van der Waals surface area contributed by atoms with E-state index in [0.29, 0.717) is 17.0 Å². The van der Waals surface area contributed by atoms with Crippen LogP contribution in [0.15, 0.2) is 41.1 Å². The van der Waals surface area contributed by atoms with Gasteiger partial charge in [0.05, 0.1) is 0 Å². The maximum atomic E-state index is 13.6. The minimum atomic E-state index is -0.343. The van der Waals surface area contributed by atoms with Crippen molar-refractivity contribution in [1.29, 1.82) is 0 Å². The van der Waals surface area contributed by atoms with Crippen molar-refractivity contribution in [2.24, 2.45) is 5.73 Å². The van der Waals surface area contributed by atoms with E-state index in [9.17, 15) is 4.39 Å². The monoisotopic (exact) mass is 328 g/mol. The zero-order valence-electron chi connectivity index (χ0n) is 9.41. The van der Waals surface area contributed by atoms with Crippen molar-refractivity contribution >= 4 is 27.5 Å². The number of nitrogens with two attached hydrogens (primary N) is 1. The highest BCUT2D eigenvalue weighted by atomic mass is 79.9. The maximum Gasteiger partial charge on any atom is 0.127 e. The number of rotatable bonds is 3. The standard InChI is InChI=1S/C13H11BrClFN2/c14-9-4-8(6-18-7-9)13(17)5-10-11(15)2-1-3-12(10)16/h1-4,6-7,13H,5,17H2. The molecule has 18 heavy (non-hydrogen) atoms. The molecule has 2 rings (SSSR count). The molecule has 94 valence electrons. The van der Waals surface area contributed by atoms with Crippen LogP contribution < -0.4 is 5.73 Å². The number of benzene rings is 1. The highest BCUT2D eigenvalue weighted by molar-refractivity contribution is 9.10. The topological polar surface area (TPSA) is 38.9 Å². The summed E-state index contributed by atoms with van der Waals surface area (Å²) in [6.07, 6.45) is 3.68. The maximum absolute atomic E-state index is 13.6. The van der Waals surface area contributed by atoms with E-state index in [1.54, 1.807) is 24.5 Å². The molecule has 1 aromatic heterocycles. The van der Waals surface area contributed by atoms with Gasteiger partial charge >= 0.3 is 0 Å². The third-order valence-electron chi connectivity index (χ3n) is 2.64. The van der Waals surface area contributed by atoms with E-state index in [1.807, 2.05) is 6.07 Å². The molecule has 1 aromatic carbocycles. The van der Waals surface area contributed by atoms with Crippen molar-refractivity contribution in [1.82, 2.24) is 4.98 Å². The number of nitrogens with zero attached hydrogens (tertiary/aromatic N) is 1. The quantitative estimate of drug-likeness (QED) is 0.928. The Hall–Kier alpha value is -0.970. The van der Waals surface area contributed by atoms with Crippen LogP contribution in [0.3, 0.4) is 0 Å². The van der Waals surface area contributed by atoms with Gasteiger partial charge in [0, 0.05) is 33.5 Å². The zero-order chi connectivity index (χ0) is 13.1. The second-order valence-electron chi connectivity index (χ2n) is 3.95. The first-order valence-electron chi connectivity index (χ1n) is 5.37. The van der Waals surface area contributed by atoms with Crippen LogP contribution in [0, 0.1) is 5.82 Å². The first kappa shape index (κ1) is 13.5. The number of pyridine rings is 1. The molecule has 0 aliphatic carbocycles. The van der Waals surface area contributed by atoms with Gasteiger partial charge in [0.25, 0.3) is 0 Å². The molecule has 0 saturated heterocycles. The van der Waals surface area contributed by atoms with Gasteiger partial charge in [-0.2, -0.15) is 0 Å². The normalized spacial score (nSPS) is 12.4. The van der Waals surface area contributed by atoms with Crippen LogP contribution in [0.4, 0.5) is 4.39 Å². The molecular formula is C13H11BrClFN2. The van der Waals surface area contributed by atoms with Crippen molar-refractivity contribution < 1.29 is 4.39 Å². The lowest BCUT2D eigenvalue weighted by Crippen LogP contribution is -2.14. The van der Waals surface area contributed by atoms with Gasteiger partial charge in [-0.1, -0.05) is 17.7 Å². The Morgan fingerprint density at radius 1 is 1.39 bits per heavy atom. The fourth-order valence-corrected chi connectivity index (χ4v) is 2.32. The molecule has 0 aliphatic rings. The SMILES string of the molecule is NC(Cc1c(F)cccc1Cl)c1cncc(Br)c1. The Labute approximate surface area is 118 Å². The molecule has 2 nitrogen and oxygen atoms in total. The second kappa shape index (κ2) is 5.78. The molecule has 0 spiro atoms. The van der Waals surface area contributed by atoms with Gasteiger partial charge in [0.15, 0.2) is 0 Å². The van der Waals surface area contributed by atoms with Crippen molar-refractivity contribution in [2.45, 2.75) is 12.5 Å². The van der Waals surface area contributed by atoms with Crippen LogP contribution in [0.5, 0.6) is 0 Å². The minimum Gasteiger partial charge on any atom is -0.324 e. The Morgan fingerprint density at radius 3 is 2.83 bits per heavy atom.